The Morgan fingerprint density at radius 1 is 1.06 bits per heavy atom. The molecule has 4 rings (SSSR count). The molecule has 184 valence electrons. The number of nitrogens with zero attached hydrogens (tertiary/aromatic N) is 2. The summed E-state index contributed by atoms with van der Waals surface area (Å²) in [7, 11) is 1.66. The standard InChI is InChI=1S/C26H34N2O5S/c1-31-13-6-12-27(26(30)21-7-3-2-4-8-21)18-25(29)28(17-22-9-5-14-34-22)16-20-10-11-23-24(15-20)33-19-32-23/h5,9-11,14-15,21H,2-4,6-8,12-13,16-19H2,1H3. The van der Waals surface area contributed by atoms with Gasteiger partial charge in [-0.15, -0.1) is 11.3 Å². The molecule has 1 saturated carbocycles. The smallest absolute Gasteiger partial charge is 0.242 e. The minimum Gasteiger partial charge on any atom is -0.454 e. The minimum atomic E-state index is -0.0485. The molecule has 2 amide bonds. The van der Waals surface area contributed by atoms with Gasteiger partial charge in [-0.1, -0.05) is 31.4 Å². The second-order valence-electron chi connectivity index (χ2n) is 8.96. The van der Waals surface area contributed by atoms with Gasteiger partial charge in [0.15, 0.2) is 11.5 Å². The molecule has 0 radical (unpaired) electrons. The van der Waals surface area contributed by atoms with E-state index in [0.717, 1.165) is 48.3 Å². The van der Waals surface area contributed by atoms with E-state index in [2.05, 4.69) is 0 Å². The zero-order chi connectivity index (χ0) is 23.8. The van der Waals surface area contributed by atoms with Crippen LogP contribution >= 0.6 is 11.3 Å². The van der Waals surface area contributed by atoms with E-state index in [4.69, 9.17) is 14.2 Å². The van der Waals surface area contributed by atoms with E-state index in [1.54, 1.807) is 23.3 Å². The third-order valence-electron chi connectivity index (χ3n) is 6.46. The summed E-state index contributed by atoms with van der Waals surface area (Å²) in [6.45, 7) is 2.36. The number of rotatable bonds is 11. The summed E-state index contributed by atoms with van der Waals surface area (Å²) < 4.78 is 16.1. The highest BCUT2D eigenvalue weighted by atomic mass is 32.1. The molecule has 34 heavy (non-hydrogen) atoms. The van der Waals surface area contributed by atoms with Crippen LogP contribution in [0.5, 0.6) is 11.5 Å². The molecule has 1 aliphatic heterocycles. The summed E-state index contributed by atoms with van der Waals surface area (Å²) in [5.74, 6) is 1.52. The SMILES string of the molecule is COCCCN(CC(=O)N(Cc1ccc2c(c1)OCO2)Cc1cccs1)C(=O)C1CCCCC1. The Kier molecular flexibility index (Phi) is 8.82. The number of hydrogen-bond donors (Lipinski definition) is 0. The van der Waals surface area contributed by atoms with Gasteiger partial charge in [-0.05, 0) is 48.4 Å². The fourth-order valence-electron chi connectivity index (χ4n) is 4.62. The molecule has 2 aromatic rings. The number of fused-ring (bicyclic) bond motifs is 1. The van der Waals surface area contributed by atoms with E-state index in [1.165, 1.54) is 6.42 Å². The molecular formula is C26H34N2O5S. The highest BCUT2D eigenvalue weighted by Gasteiger charge is 2.28. The Balaban J connectivity index is 1.48. The van der Waals surface area contributed by atoms with Crippen molar-refractivity contribution in [1.29, 1.82) is 0 Å². The molecule has 2 aliphatic rings. The van der Waals surface area contributed by atoms with Crippen LogP contribution in [0, 0.1) is 5.92 Å². The van der Waals surface area contributed by atoms with Gasteiger partial charge in [-0.2, -0.15) is 0 Å². The molecule has 0 unspecified atom stereocenters. The summed E-state index contributed by atoms with van der Waals surface area (Å²) in [4.78, 5) is 31.6. The van der Waals surface area contributed by atoms with Crippen LogP contribution in [0.4, 0.5) is 0 Å². The van der Waals surface area contributed by atoms with Gasteiger partial charge >= 0.3 is 0 Å². The second-order valence-corrected chi connectivity index (χ2v) is 9.99. The summed E-state index contributed by atoms with van der Waals surface area (Å²) in [5, 5.41) is 2.02. The molecule has 1 aliphatic carbocycles. The van der Waals surface area contributed by atoms with Crippen molar-refractivity contribution in [3.8, 4) is 11.5 Å². The van der Waals surface area contributed by atoms with Gasteiger partial charge in [0.2, 0.25) is 18.6 Å². The number of amides is 2. The van der Waals surface area contributed by atoms with E-state index < -0.39 is 0 Å². The Labute approximate surface area is 205 Å². The van der Waals surface area contributed by atoms with Crippen LogP contribution in [-0.4, -0.2) is 55.2 Å². The van der Waals surface area contributed by atoms with Crippen LogP contribution < -0.4 is 9.47 Å². The molecular weight excluding hydrogens is 452 g/mol. The molecule has 1 aromatic carbocycles. The van der Waals surface area contributed by atoms with Crippen LogP contribution in [-0.2, 0) is 27.4 Å². The minimum absolute atomic E-state index is 0.0312. The average molecular weight is 487 g/mol. The van der Waals surface area contributed by atoms with Gasteiger partial charge in [0.05, 0.1) is 13.1 Å². The quantitative estimate of drug-likeness (QED) is 0.439. The summed E-state index contributed by atoms with van der Waals surface area (Å²) in [6, 6.07) is 9.81. The number of thiophene rings is 1. The van der Waals surface area contributed by atoms with Crippen molar-refractivity contribution in [3.05, 3.63) is 46.2 Å². The summed E-state index contributed by atoms with van der Waals surface area (Å²) >= 11 is 1.63. The topological polar surface area (TPSA) is 68.3 Å². The van der Waals surface area contributed by atoms with Crippen LogP contribution in [0.25, 0.3) is 0 Å². The first-order valence-corrected chi connectivity index (χ1v) is 13.0. The molecule has 8 heteroatoms. The van der Waals surface area contributed by atoms with Crippen molar-refractivity contribution >= 4 is 23.2 Å². The number of hydrogen-bond acceptors (Lipinski definition) is 6. The van der Waals surface area contributed by atoms with Crippen molar-refractivity contribution in [2.75, 3.05) is 33.6 Å². The maximum Gasteiger partial charge on any atom is 0.242 e. The summed E-state index contributed by atoms with van der Waals surface area (Å²) in [6.07, 6.45) is 5.93. The van der Waals surface area contributed by atoms with Crippen molar-refractivity contribution < 1.29 is 23.8 Å². The van der Waals surface area contributed by atoms with E-state index >= 15 is 0 Å². The molecule has 1 aromatic heterocycles. The molecule has 1 fully saturated rings. The molecule has 0 N–H and O–H groups in total. The zero-order valence-electron chi connectivity index (χ0n) is 19.9. The van der Waals surface area contributed by atoms with Crippen LogP contribution in [0.1, 0.15) is 49.0 Å². The van der Waals surface area contributed by atoms with Gasteiger partial charge in [-0.25, -0.2) is 0 Å². The largest absolute Gasteiger partial charge is 0.454 e. The first-order valence-electron chi connectivity index (χ1n) is 12.1. The molecule has 7 nitrogen and oxygen atoms in total. The first-order chi connectivity index (χ1) is 16.6. The lowest BCUT2D eigenvalue weighted by Gasteiger charge is -2.31. The lowest BCUT2D eigenvalue weighted by atomic mass is 9.88. The fraction of sp³-hybridized carbons (Fsp3) is 0.538. The maximum absolute atomic E-state index is 13.6. The number of ether oxygens (including phenoxy) is 3. The Bertz CT molecular complexity index is 943. The molecule has 0 spiro atoms. The first kappa shape index (κ1) is 24.5. The van der Waals surface area contributed by atoms with E-state index in [9.17, 15) is 9.59 Å². The van der Waals surface area contributed by atoms with Crippen molar-refractivity contribution in [1.82, 2.24) is 9.80 Å². The van der Waals surface area contributed by atoms with Crippen LogP contribution in [0.2, 0.25) is 0 Å². The van der Waals surface area contributed by atoms with Gasteiger partial charge in [0.25, 0.3) is 0 Å². The monoisotopic (exact) mass is 486 g/mol. The van der Waals surface area contributed by atoms with Crippen LogP contribution in [0.15, 0.2) is 35.7 Å². The molecule has 0 atom stereocenters. The van der Waals surface area contributed by atoms with Gasteiger partial charge in [-0.3, -0.25) is 9.59 Å². The lowest BCUT2D eigenvalue weighted by Crippen LogP contribution is -2.45. The maximum atomic E-state index is 13.6. The van der Waals surface area contributed by atoms with Crippen molar-refractivity contribution in [2.45, 2.75) is 51.6 Å². The number of carbonyl (C=O) groups is 2. The summed E-state index contributed by atoms with van der Waals surface area (Å²) in [5.41, 5.74) is 0.971. The normalized spacial score (nSPS) is 15.3. The number of carbonyl (C=O) groups excluding carboxylic acids is 2. The highest BCUT2D eigenvalue weighted by molar-refractivity contribution is 7.09. The fourth-order valence-corrected chi connectivity index (χ4v) is 5.34. The number of methoxy groups -OCH3 is 1. The van der Waals surface area contributed by atoms with Gasteiger partial charge in [0.1, 0.15) is 0 Å². The van der Waals surface area contributed by atoms with Gasteiger partial charge in [0, 0.05) is 37.6 Å². The van der Waals surface area contributed by atoms with E-state index in [-0.39, 0.29) is 31.1 Å². The van der Waals surface area contributed by atoms with E-state index in [0.29, 0.717) is 32.0 Å². The Morgan fingerprint density at radius 2 is 1.88 bits per heavy atom. The number of benzene rings is 1. The molecule has 0 saturated heterocycles. The van der Waals surface area contributed by atoms with Gasteiger partial charge < -0.3 is 24.0 Å². The third-order valence-corrected chi connectivity index (χ3v) is 7.32. The van der Waals surface area contributed by atoms with Crippen LogP contribution in [0.3, 0.4) is 0 Å². The highest BCUT2D eigenvalue weighted by Crippen LogP contribution is 2.33. The average Bonchev–Trinajstić information content (AvgIpc) is 3.55. The predicted octanol–water partition coefficient (Wildman–Crippen LogP) is 4.45. The molecule has 0 bridgehead atoms. The van der Waals surface area contributed by atoms with Crippen molar-refractivity contribution in [3.63, 3.8) is 0 Å². The zero-order valence-corrected chi connectivity index (χ0v) is 20.7. The lowest BCUT2D eigenvalue weighted by molar-refractivity contribution is -0.144. The van der Waals surface area contributed by atoms with Crippen molar-refractivity contribution in [2.24, 2.45) is 5.92 Å². The predicted molar refractivity (Wildman–Crippen MR) is 131 cm³/mol. The molecule has 2 heterocycles. The van der Waals surface area contributed by atoms with E-state index in [1.807, 2.05) is 40.6 Å². The Hall–Kier alpha value is -2.58. The third kappa shape index (κ3) is 6.51. The Morgan fingerprint density at radius 3 is 2.65 bits per heavy atom. The second kappa shape index (κ2) is 12.2.